The third-order valence-corrected chi connectivity index (χ3v) is 7.58. The second kappa shape index (κ2) is 10.1. The molecule has 0 bridgehead atoms. The van der Waals surface area contributed by atoms with Crippen LogP contribution in [0.1, 0.15) is 21.5 Å². The van der Waals surface area contributed by atoms with Crippen LogP contribution in [0.5, 0.6) is 0 Å². The number of pyridine rings is 1. The molecule has 3 N–H and O–H groups in total. The van der Waals surface area contributed by atoms with Gasteiger partial charge >= 0.3 is 0 Å². The molecule has 188 valence electrons. The second-order valence-electron chi connectivity index (χ2n) is 9.44. The predicted octanol–water partition coefficient (Wildman–Crippen LogP) is 4.18. The molecule has 1 amide bonds. The minimum atomic E-state index is -0.702. The van der Waals surface area contributed by atoms with Crippen molar-refractivity contribution < 1.29 is 13.6 Å². The molecule has 0 aliphatic carbocycles. The molecule has 5 rings (SSSR count). The summed E-state index contributed by atoms with van der Waals surface area (Å²) in [7, 11) is 4.01. The SMILES string of the molecule is CN(C)Cc1cc(-c2cc(-c3cc4c(cc3F)C(=O)NCC4)c(N)nc2F)ccc1N1CCSCC1. The van der Waals surface area contributed by atoms with Crippen molar-refractivity contribution in [2.75, 3.05) is 55.9 Å². The first-order chi connectivity index (χ1) is 17.3. The normalized spacial score (nSPS) is 15.7. The molecule has 6 nitrogen and oxygen atoms in total. The topological polar surface area (TPSA) is 74.5 Å². The number of benzene rings is 2. The third kappa shape index (κ3) is 4.77. The number of aromatic nitrogens is 1. The first-order valence-electron chi connectivity index (χ1n) is 12.0. The highest BCUT2D eigenvalue weighted by Gasteiger charge is 2.23. The van der Waals surface area contributed by atoms with Gasteiger partial charge in [0.05, 0.1) is 0 Å². The third-order valence-electron chi connectivity index (χ3n) is 6.64. The Morgan fingerprint density at radius 1 is 1.06 bits per heavy atom. The van der Waals surface area contributed by atoms with Gasteiger partial charge in [-0.3, -0.25) is 4.79 Å². The maximum Gasteiger partial charge on any atom is 0.251 e. The van der Waals surface area contributed by atoms with Gasteiger partial charge in [0.2, 0.25) is 5.95 Å². The number of nitrogens with two attached hydrogens (primary N) is 1. The van der Waals surface area contributed by atoms with Gasteiger partial charge in [0, 0.05) is 65.6 Å². The molecule has 0 radical (unpaired) electrons. The number of rotatable bonds is 5. The molecule has 3 aromatic rings. The van der Waals surface area contributed by atoms with E-state index in [-0.39, 0.29) is 22.9 Å². The van der Waals surface area contributed by atoms with E-state index in [2.05, 4.69) is 20.1 Å². The number of hydrogen-bond donors (Lipinski definition) is 2. The fourth-order valence-electron chi connectivity index (χ4n) is 4.90. The lowest BCUT2D eigenvalue weighted by molar-refractivity contribution is 0.0945. The monoisotopic (exact) mass is 509 g/mol. The van der Waals surface area contributed by atoms with Crippen molar-refractivity contribution in [2.24, 2.45) is 0 Å². The number of hydrogen-bond acceptors (Lipinski definition) is 6. The van der Waals surface area contributed by atoms with E-state index < -0.39 is 11.8 Å². The Labute approximate surface area is 213 Å². The van der Waals surface area contributed by atoms with Crippen molar-refractivity contribution in [3.63, 3.8) is 0 Å². The largest absolute Gasteiger partial charge is 0.383 e. The number of nitrogens with one attached hydrogen (secondary N) is 1. The smallest absolute Gasteiger partial charge is 0.251 e. The number of carbonyl (C=O) groups excluding carboxylic acids is 1. The van der Waals surface area contributed by atoms with Crippen molar-refractivity contribution >= 4 is 29.2 Å². The van der Waals surface area contributed by atoms with Crippen molar-refractivity contribution in [1.82, 2.24) is 15.2 Å². The van der Waals surface area contributed by atoms with Gasteiger partial charge in [-0.05, 0) is 67.5 Å². The molecule has 1 fully saturated rings. The number of nitrogens with zero attached hydrogens (tertiary/aromatic N) is 3. The van der Waals surface area contributed by atoms with Crippen molar-refractivity contribution in [3.8, 4) is 22.3 Å². The predicted molar refractivity (Wildman–Crippen MR) is 142 cm³/mol. The van der Waals surface area contributed by atoms with Crippen molar-refractivity contribution in [2.45, 2.75) is 13.0 Å². The Balaban J connectivity index is 1.59. The number of halogens is 2. The highest BCUT2D eigenvalue weighted by atomic mass is 32.2. The van der Waals surface area contributed by atoms with Crippen LogP contribution in [0.2, 0.25) is 0 Å². The van der Waals surface area contributed by atoms with Gasteiger partial charge in [0.15, 0.2) is 0 Å². The molecule has 9 heteroatoms. The number of fused-ring (bicyclic) bond motifs is 1. The molecular formula is C27H29F2N5OS. The van der Waals surface area contributed by atoms with Crippen molar-refractivity contribution in [3.05, 3.63) is 64.9 Å². The van der Waals surface area contributed by atoms with Gasteiger partial charge in [-0.15, -0.1) is 0 Å². The van der Waals surface area contributed by atoms with Crippen molar-refractivity contribution in [1.29, 1.82) is 0 Å². The Kier molecular flexibility index (Phi) is 6.85. The highest BCUT2D eigenvalue weighted by molar-refractivity contribution is 7.99. The summed E-state index contributed by atoms with van der Waals surface area (Å²) >= 11 is 1.95. The van der Waals surface area contributed by atoms with E-state index in [0.29, 0.717) is 36.2 Å². The molecular weight excluding hydrogens is 480 g/mol. The molecule has 3 heterocycles. The molecule has 0 spiro atoms. The zero-order valence-corrected chi connectivity index (χ0v) is 21.2. The van der Waals surface area contributed by atoms with E-state index in [1.165, 1.54) is 6.07 Å². The number of thioether (sulfide) groups is 1. The average Bonchev–Trinajstić information content (AvgIpc) is 2.85. The fraction of sp³-hybridized carbons (Fsp3) is 0.333. The summed E-state index contributed by atoms with van der Waals surface area (Å²) in [6, 6.07) is 10.3. The lowest BCUT2D eigenvalue weighted by atomic mass is 9.93. The van der Waals surface area contributed by atoms with Crippen LogP contribution in [0.3, 0.4) is 0 Å². The van der Waals surface area contributed by atoms with Gasteiger partial charge in [-0.2, -0.15) is 16.2 Å². The molecule has 0 saturated carbocycles. The molecule has 0 atom stereocenters. The Hall–Kier alpha value is -3.17. The van der Waals surface area contributed by atoms with E-state index in [1.54, 1.807) is 12.1 Å². The van der Waals surface area contributed by atoms with E-state index in [1.807, 2.05) is 44.1 Å². The summed E-state index contributed by atoms with van der Waals surface area (Å²) in [5.74, 6) is 0.476. The molecule has 2 aliphatic heterocycles. The lowest BCUT2D eigenvalue weighted by Gasteiger charge is -2.31. The maximum atomic E-state index is 15.1. The van der Waals surface area contributed by atoms with Gasteiger partial charge in [0.1, 0.15) is 11.6 Å². The van der Waals surface area contributed by atoms with Crippen LogP contribution in [-0.2, 0) is 13.0 Å². The fourth-order valence-corrected chi connectivity index (χ4v) is 5.81. The molecule has 2 aliphatic rings. The van der Waals surface area contributed by atoms with Crippen LogP contribution in [-0.4, -0.2) is 61.0 Å². The molecule has 2 aromatic carbocycles. The van der Waals surface area contributed by atoms with Crippen LogP contribution in [0.4, 0.5) is 20.3 Å². The lowest BCUT2D eigenvalue weighted by Crippen LogP contribution is -2.33. The first-order valence-corrected chi connectivity index (χ1v) is 13.1. The molecule has 1 saturated heterocycles. The number of nitrogen functional groups attached to an aromatic ring is 1. The summed E-state index contributed by atoms with van der Waals surface area (Å²) < 4.78 is 30.3. The van der Waals surface area contributed by atoms with Crippen LogP contribution in [0.15, 0.2) is 36.4 Å². The molecule has 1 aromatic heterocycles. The van der Waals surface area contributed by atoms with Crippen LogP contribution in [0, 0.1) is 11.8 Å². The van der Waals surface area contributed by atoms with Gasteiger partial charge < -0.3 is 20.9 Å². The summed E-state index contributed by atoms with van der Waals surface area (Å²) in [6.07, 6.45) is 0.583. The van der Waals surface area contributed by atoms with Gasteiger partial charge in [-0.25, -0.2) is 9.37 Å². The van der Waals surface area contributed by atoms with E-state index in [4.69, 9.17) is 5.73 Å². The zero-order chi connectivity index (χ0) is 25.4. The minimum Gasteiger partial charge on any atom is -0.383 e. The second-order valence-corrected chi connectivity index (χ2v) is 10.7. The molecule has 36 heavy (non-hydrogen) atoms. The average molecular weight is 510 g/mol. The number of carbonyl (C=O) groups is 1. The Morgan fingerprint density at radius 2 is 1.83 bits per heavy atom. The Bertz CT molecular complexity index is 1320. The quantitative estimate of drug-likeness (QED) is 0.503. The number of amides is 1. The summed E-state index contributed by atoms with van der Waals surface area (Å²) in [5.41, 5.74) is 10.8. The van der Waals surface area contributed by atoms with E-state index in [0.717, 1.165) is 41.4 Å². The summed E-state index contributed by atoms with van der Waals surface area (Å²) in [6.45, 7) is 3.13. The zero-order valence-electron chi connectivity index (χ0n) is 20.4. The number of anilines is 2. The highest BCUT2D eigenvalue weighted by Crippen LogP contribution is 2.36. The summed E-state index contributed by atoms with van der Waals surface area (Å²) in [5, 5.41) is 2.72. The maximum absolute atomic E-state index is 15.1. The van der Waals surface area contributed by atoms with Gasteiger partial charge in [0.25, 0.3) is 5.91 Å². The van der Waals surface area contributed by atoms with E-state index >= 15 is 8.78 Å². The van der Waals surface area contributed by atoms with Crippen LogP contribution >= 0.6 is 11.8 Å². The Morgan fingerprint density at radius 3 is 2.58 bits per heavy atom. The molecule has 0 unspecified atom stereocenters. The standard InChI is InChI=1S/C27H29F2N5OS/c1-33(2)15-18-11-16(3-4-24(18)34-7-9-36-10-8-34)19-13-22(26(30)32-25(19)29)21-12-17-5-6-31-27(35)20(17)14-23(21)28/h3-4,11-14H,5-10,15H2,1-2H3,(H2,30,32)(H,31,35). The van der Waals surface area contributed by atoms with E-state index in [9.17, 15) is 4.79 Å². The van der Waals surface area contributed by atoms with Crippen LogP contribution < -0.4 is 16.0 Å². The van der Waals surface area contributed by atoms with Gasteiger partial charge in [-0.1, -0.05) is 6.07 Å². The summed E-state index contributed by atoms with van der Waals surface area (Å²) in [4.78, 5) is 20.5. The minimum absolute atomic E-state index is 0.0914. The van der Waals surface area contributed by atoms with Crippen LogP contribution in [0.25, 0.3) is 22.3 Å². The first kappa shape index (κ1) is 24.5.